The van der Waals surface area contributed by atoms with Crippen LogP contribution in [0.5, 0.6) is 0 Å². The van der Waals surface area contributed by atoms with Crippen molar-refractivity contribution in [1.82, 2.24) is 0 Å². The van der Waals surface area contributed by atoms with E-state index in [1.165, 1.54) is 135 Å². The Morgan fingerprint density at radius 2 is 0.789 bits per heavy atom. The standard InChI is InChI=1S/C34H66O4/c1-3-5-7-8-9-10-12-17-20-23-27-31-34(37)38-32(28-24-6-4-2)29-25-21-18-15-13-11-14-16-19-22-26-30-33(35)36/h32H,3-31H2,1-2H3,(H,35,36). The number of carboxylic acid groups (broad SMARTS) is 1. The van der Waals surface area contributed by atoms with Gasteiger partial charge in [0, 0.05) is 12.8 Å². The lowest BCUT2D eigenvalue weighted by atomic mass is 10.0. The fraction of sp³-hybridized carbons (Fsp3) is 0.941. The van der Waals surface area contributed by atoms with Gasteiger partial charge in [0.1, 0.15) is 6.10 Å². The van der Waals surface area contributed by atoms with Crippen LogP contribution in [0.4, 0.5) is 0 Å². The van der Waals surface area contributed by atoms with Gasteiger partial charge in [-0.25, -0.2) is 0 Å². The van der Waals surface area contributed by atoms with Crippen molar-refractivity contribution >= 4 is 11.9 Å². The molecule has 0 saturated carbocycles. The van der Waals surface area contributed by atoms with Gasteiger partial charge in [-0.15, -0.1) is 0 Å². The van der Waals surface area contributed by atoms with E-state index in [-0.39, 0.29) is 12.1 Å². The summed E-state index contributed by atoms with van der Waals surface area (Å²) in [5, 5.41) is 8.66. The van der Waals surface area contributed by atoms with Crippen molar-refractivity contribution in [2.45, 2.75) is 206 Å². The number of carbonyl (C=O) groups is 2. The van der Waals surface area contributed by atoms with Crippen LogP contribution in [0, 0.1) is 0 Å². The highest BCUT2D eigenvalue weighted by Crippen LogP contribution is 2.18. The lowest BCUT2D eigenvalue weighted by molar-refractivity contribution is -0.150. The van der Waals surface area contributed by atoms with Gasteiger partial charge in [-0.05, 0) is 38.5 Å². The molecule has 0 aromatic carbocycles. The SMILES string of the molecule is CCCCCCCCCCCCCC(=O)OC(CCCCC)CCCCCCCCCCCCCC(=O)O. The molecule has 1 unspecified atom stereocenters. The Labute approximate surface area is 237 Å². The molecule has 1 atom stereocenters. The number of unbranched alkanes of at least 4 members (excludes halogenated alkanes) is 22. The minimum atomic E-state index is -0.671. The maximum atomic E-state index is 12.4. The molecule has 226 valence electrons. The quantitative estimate of drug-likeness (QED) is 0.0704. The van der Waals surface area contributed by atoms with Crippen LogP contribution in [0.25, 0.3) is 0 Å². The zero-order valence-corrected chi connectivity index (χ0v) is 25.8. The molecule has 0 radical (unpaired) electrons. The van der Waals surface area contributed by atoms with Crippen molar-refractivity contribution < 1.29 is 19.4 Å². The summed E-state index contributed by atoms with van der Waals surface area (Å²) in [5.74, 6) is -0.639. The first-order valence-electron chi connectivity index (χ1n) is 17.0. The number of rotatable bonds is 31. The summed E-state index contributed by atoms with van der Waals surface area (Å²) in [7, 11) is 0. The molecule has 0 amide bonds. The molecule has 0 aliphatic rings. The maximum Gasteiger partial charge on any atom is 0.306 e. The van der Waals surface area contributed by atoms with Crippen molar-refractivity contribution in [3.63, 3.8) is 0 Å². The molecule has 4 heteroatoms. The average Bonchev–Trinajstić information content (AvgIpc) is 2.89. The van der Waals surface area contributed by atoms with Crippen LogP contribution in [0.15, 0.2) is 0 Å². The van der Waals surface area contributed by atoms with Gasteiger partial charge < -0.3 is 9.84 Å². The summed E-state index contributed by atoms with van der Waals surface area (Å²) in [6, 6.07) is 0. The Kier molecular flexibility index (Phi) is 29.6. The van der Waals surface area contributed by atoms with Crippen molar-refractivity contribution in [1.29, 1.82) is 0 Å². The van der Waals surface area contributed by atoms with E-state index in [1.807, 2.05) is 0 Å². The molecule has 0 aliphatic carbocycles. The highest BCUT2D eigenvalue weighted by atomic mass is 16.5. The highest BCUT2D eigenvalue weighted by molar-refractivity contribution is 5.69. The first-order valence-corrected chi connectivity index (χ1v) is 17.0. The number of ether oxygens (including phenoxy) is 1. The third-order valence-corrected chi connectivity index (χ3v) is 7.83. The smallest absolute Gasteiger partial charge is 0.306 e. The van der Waals surface area contributed by atoms with Crippen LogP contribution in [0.3, 0.4) is 0 Å². The molecule has 0 fully saturated rings. The highest BCUT2D eigenvalue weighted by Gasteiger charge is 2.14. The Balaban J connectivity index is 3.74. The van der Waals surface area contributed by atoms with Crippen LogP contribution in [0.2, 0.25) is 0 Å². The summed E-state index contributed by atoms with van der Waals surface area (Å²) >= 11 is 0. The number of carbonyl (C=O) groups excluding carboxylic acids is 1. The van der Waals surface area contributed by atoms with Crippen molar-refractivity contribution in [3.8, 4) is 0 Å². The molecular formula is C34H66O4. The average molecular weight is 539 g/mol. The minimum absolute atomic E-state index is 0.0328. The monoisotopic (exact) mass is 538 g/mol. The van der Waals surface area contributed by atoms with E-state index in [0.29, 0.717) is 12.8 Å². The van der Waals surface area contributed by atoms with Gasteiger partial charge in [0.15, 0.2) is 0 Å². The third kappa shape index (κ3) is 29.5. The largest absolute Gasteiger partial charge is 0.481 e. The second-order valence-corrected chi connectivity index (χ2v) is 11.7. The molecule has 0 aromatic heterocycles. The van der Waals surface area contributed by atoms with Gasteiger partial charge in [0.2, 0.25) is 0 Å². The van der Waals surface area contributed by atoms with Crippen LogP contribution in [0.1, 0.15) is 200 Å². The molecule has 1 N–H and O–H groups in total. The lowest BCUT2D eigenvalue weighted by Gasteiger charge is -2.18. The predicted molar refractivity (Wildman–Crippen MR) is 163 cm³/mol. The van der Waals surface area contributed by atoms with Gasteiger partial charge >= 0.3 is 11.9 Å². The van der Waals surface area contributed by atoms with Crippen molar-refractivity contribution in [2.24, 2.45) is 0 Å². The third-order valence-electron chi connectivity index (χ3n) is 7.83. The minimum Gasteiger partial charge on any atom is -0.481 e. The fourth-order valence-corrected chi connectivity index (χ4v) is 5.30. The van der Waals surface area contributed by atoms with Gasteiger partial charge in [-0.1, -0.05) is 149 Å². The van der Waals surface area contributed by atoms with Gasteiger partial charge in [0.25, 0.3) is 0 Å². The zero-order valence-electron chi connectivity index (χ0n) is 25.8. The Hall–Kier alpha value is -1.06. The Morgan fingerprint density at radius 1 is 0.474 bits per heavy atom. The summed E-state index contributed by atoms with van der Waals surface area (Å²) in [6.45, 7) is 4.50. The number of hydrogen-bond acceptors (Lipinski definition) is 3. The van der Waals surface area contributed by atoms with E-state index in [1.54, 1.807) is 0 Å². The number of esters is 1. The predicted octanol–water partition coefficient (Wildman–Crippen LogP) is 11.3. The van der Waals surface area contributed by atoms with Crippen molar-refractivity contribution in [3.05, 3.63) is 0 Å². The summed E-state index contributed by atoms with van der Waals surface area (Å²) < 4.78 is 5.93. The molecule has 0 bridgehead atoms. The lowest BCUT2D eigenvalue weighted by Crippen LogP contribution is -2.18. The topological polar surface area (TPSA) is 63.6 Å². The maximum absolute atomic E-state index is 12.4. The number of hydrogen-bond donors (Lipinski definition) is 1. The molecule has 4 nitrogen and oxygen atoms in total. The van der Waals surface area contributed by atoms with E-state index in [9.17, 15) is 9.59 Å². The second kappa shape index (κ2) is 30.5. The van der Waals surface area contributed by atoms with Crippen molar-refractivity contribution in [2.75, 3.05) is 0 Å². The summed E-state index contributed by atoms with van der Waals surface area (Å²) in [4.78, 5) is 23.0. The molecular weight excluding hydrogens is 472 g/mol. The molecule has 0 saturated heterocycles. The molecule has 38 heavy (non-hydrogen) atoms. The molecule has 0 aliphatic heterocycles. The number of carboxylic acids is 1. The van der Waals surface area contributed by atoms with Crippen LogP contribution in [-0.4, -0.2) is 23.1 Å². The van der Waals surface area contributed by atoms with Gasteiger partial charge in [0.05, 0.1) is 0 Å². The van der Waals surface area contributed by atoms with E-state index in [4.69, 9.17) is 9.84 Å². The van der Waals surface area contributed by atoms with Gasteiger partial charge in [-0.3, -0.25) is 9.59 Å². The van der Waals surface area contributed by atoms with Crippen LogP contribution in [-0.2, 0) is 14.3 Å². The molecule has 0 spiro atoms. The van der Waals surface area contributed by atoms with Gasteiger partial charge in [-0.2, -0.15) is 0 Å². The Morgan fingerprint density at radius 3 is 1.21 bits per heavy atom. The fourth-order valence-electron chi connectivity index (χ4n) is 5.30. The summed E-state index contributed by atoms with van der Waals surface area (Å²) in [6.07, 6.45) is 34.3. The molecule has 0 rings (SSSR count). The van der Waals surface area contributed by atoms with Crippen LogP contribution >= 0.6 is 0 Å². The molecule has 0 heterocycles. The molecule has 0 aromatic rings. The van der Waals surface area contributed by atoms with E-state index < -0.39 is 5.97 Å². The van der Waals surface area contributed by atoms with Crippen LogP contribution < -0.4 is 0 Å². The first-order chi connectivity index (χ1) is 18.6. The Bertz CT molecular complexity index is 505. The first kappa shape index (κ1) is 36.9. The van der Waals surface area contributed by atoms with E-state index in [2.05, 4.69) is 13.8 Å². The summed E-state index contributed by atoms with van der Waals surface area (Å²) in [5.41, 5.74) is 0. The van der Waals surface area contributed by atoms with E-state index in [0.717, 1.165) is 38.5 Å². The zero-order chi connectivity index (χ0) is 27.9. The normalized spacial score (nSPS) is 12.1. The second-order valence-electron chi connectivity index (χ2n) is 11.7. The van der Waals surface area contributed by atoms with E-state index >= 15 is 0 Å². The number of aliphatic carboxylic acids is 1.